The summed E-state index contributed by atoms with van der Waals surface area (Å²) in [6.07, 6.45) is 0.888. The summed E-state index contributed by atoms with van der Waals surface area (Å²) in [7, 11) is 0. The van der Waals surface area contributed by atoms with E-state index < -0.39 is 0 Å². The van der Waals surface area contributed by atoms with Gasteiger partial charge in [-0.15, -0.1) is 0 Å². The number of rotatable bonds is 6. The molecule has 1 heterocycles. The molecule has 1 aromatic rings. The molecule has 5 nitrogen and oxygen atoms in total. The highest BCUT2D eigenvalue weighted by molar-refractivity contribution is 5.85. The number of benzene rings is 1. The van der Waals surface area contributed by atoms with Gasteiger partial charge < -0.3 is 15.1 Å². The molecule has 1 aliphatic heterocycles. The summed E-state index contributed by atoms with van der Waals surface area (Å²) >= 11 is 0. The van der Waals surface area contributed by atoms with Gasteiger partial charge in [0.05, 0.1) is 0 Å². The van der Waals surface area contributed by atoms with Crippen molar-refractivity contribution < 1.29 is 9.59 Å². The average molecular weight is 303 g/mol. The molecule has 0 aliphatic carbocycles. The smallest absolute Gasteiger partial charge is 0.320 e. The predicted molar refractivity (Wildman–Crippen MR) is 86.5 cm³/mol. The Morgan fingerprint density at radius 2 is 1.86 bits per heavy atom. The number of hydrogen-bond acceptors (Lipinski definition) is 2. The first kappa shape index (κ1) is 16.3. The lowest BCUT2D eigenvalue weighted by Crippen LogP contribution is -2.42. The SMILES string of the molecule is CCC(C)NC(=O)CN1CCN(Cc2ccc(C)cc2)C1=O. The Labute approximate surface area is 132 Å². The van der Waals surface area contributed by atoms with E-state index in [0.29, 0.717) is 19.6 Å². The maximum absolute atomic E-state index is 12.3. The van der Waals surface area contributed by atoms with Crippen LogP contribution in [0.3, 0.4) is 0 Å². The van der Waals surface area contributed by atoms with E-state index >= 15 is 0 Å². The van der Waals surface area contributed by atoms with Crippen molar-refractivity contribution in [3.05, 3.63) is 35.4 Å². The lowest BCUT2D eigenvalue weighted by atomic mass is 10.1. The zero-order chi connectivity index (χ0) is 16.1. The van der Waals surface area contributed by atoms with Crippen molar-refractivity contribution in [2.24, 2.45) is 0 Å². The second-order valence-corrected chi connectivity index (χ2v) is 5.99. The third-order valence-corrected chi connectivity index (χ3v) is 4.03. The maximum Gasteiger partial charge on any atom is 0.320 e. The number of aryl methyl sites for hydroxylation is 1. The minimum absolute atomic E-state index is 0.0557. The van der Waals surface area contributed by atoms with Crippen LogP contribution in [0, 0.1) is 6.92 Å². The number of nitrogens with zero attached hydrogens (tertiary/aromatic N) is 2. The van der Waals surface area contributed by atoms with Crippen LogP contribution in [0.4, 0.5) is 4.79 Å². The first-order valence-corrected chi connectivity index (χ1v) is 7.88. The molecule has 1 atom stereocenters. The van der Waals surface area contributed by atoms with Gasteiger partial charge >= 0.3 is 6.03 Å². The largest absolute Gasteiger partial charge is 0.352 e. The van der Waals surface area contributed by atoms with E-state index in [9.17, 15) is 9.59 Å². The van der Waals surface area contributed by atoms with Crippen LogP contribution in [-0.2, 0) is 11.3 Å². The van der Waals surface area contributed by atoms with Gasteiger partial charge in [-0.1, -0.05) is 36.8 Å². The molecule has 0 saturated carbocycles. The molecule has 1 unspecified atom stereocenters. The van der Waals surface area contributed by atoms with Crippen LogP contribution >= 0.6 is 0 Å². The molecule has 2 rings (SSSR count). The number of urea groups is 1. The van der Waals surface area contributed by atoms with Crippen molar-refractivity contribution in [3.8, 4) is 0 Å². The van der Waals surface area contributed by atoms with Crippen molar-refractivity contribution in [1.29, 1.82) is 0 Å². The Morgan fingerprint density at radius 1 is 1.23 bits per heavy atom. The molecule has 0 bridgehead atoms. The molecular formula is C17H25N3O2. The fourth-order valence-electron chi connectivity index (χ4n) is 2.44. The molecule has 1 fully saturated rings. The Hall–Kier alpha value is -2.04. The van der Waals surface area contributed by atoms with Gasteiger partial charge in [0.15, 0.2) is 0 Å². The van der Waals surface area contributed by atoms with Gasteiger partial charge in [0.2, 0.25) is 5.91 Å². The van der Waals surface area contributed by atoms with Crippen LogP contribution < -0.4 is 5.32 Å². The summed E-state index contributed by atoms with van der Waals surface area (Å²) in [5, 5.41) is 2.90. The lowest BCUT2D eigenvalue weighted by Gasteiger charge is -2.19. The van der Waals surface area contributed by atoms with Gasteiger partial charge in [-0.3, -0.25) is 4.79 Å². The highest BCUT2D eigenvalue weighted by Crippen LogP contribution is 2.13. The summed E-state index contributed by atoms with van der Waals surface area (Å²) in [4.78, 5) is 27.6. The standard InChI is InChI=1S/C17H25N3O2/c1-4-14(3)18-16(21)12-20-10-9-19(17(20)22)11-15-7-5-13(2)6-8-15/h5-8,14H,4,9-12H2,1-3H3,(H,18,21). The molecule has 0 radical (unpaired) electrons. The molecule has 1 N–H and O–H groups in total. The van der Waals surface area contributed by atoms with Gasteiger partial charge in [-0.25, -0.2) is 4.79 Å². The predicted octanol–water partition coefficient (Wildman–Crippen LogP) is 2.15. The molecule has 1 saturated heterocycles. The van der Waals surface area contributed by atoms with Crippen molar-refractivity contribution in [2.45, 2.75) is 39.8 Å². The van der Waals surface area contributed by atoms with E-state index in [4.69, 9.17) is 0 Å². The second-order valence-electron chi connectivity index (χ2n) is 5.99. The normalized spacial score (nSPS) is 16.0. The van der Waals surface area contributed by atoms with Gasteiger partial charge in [0, 0.05) is 25.7 Å². The van der Waals surface area contributed by atoms with Crippen LogP contribution in [0.2, 0.25) is 0 Å². The number of amides is 3. The van der Waals surface area contributed by atoms with Crippen LogP contribution in [0.15, 0.2) is 24.3 Å². The summed E-state index contributed by atoms with van der Waals surface area (Å²) in [6.45, 7) is 8.06. The Kier molecular flexibility index (Phi) is 5.41. The van der Waals surface area contributed by atoms with Crippen molar-refractivity contribution in [3.63, 3.8) is 0 Å². The van der Waals surface area contributed by atoms with Crippen molar-refractivity contribution in [2.75, 3.05) is 19.6 Å². The summed E-state index contributed by atoms with van der Waals surface area (Å²) in [5.41, 5.74) is 2.32. The minimum atomic E-state index is -0.0834. The first-order valence-electron chi connectivity index (χ1n) is 7.88. The van der Waals surface area contributed by atoms with Crippen LogP contribution in [-0.4, -0.2) is 47.4 Å². The molecule has 1 aliphatic rings. The molecule has 5 heteroatoms. The summed E-state index contributed by atoms with van der Waals surface area (Å²) in [6, 6.07) is 8.27. The Balaban J connectivity index is 1.87. The molecule has 120 valence electrons. The monoisotopic (exact) mass is 303 g/mol. The number of nitrogens with one attached hydrogen (secondary N) is 1. The molecule has 1 aromatic carbocycles. The maximum atomic E-state index is 12.3. The van der Waals surface area contributed by atoms with E-state index in [0.717, 1.165) is 12.0 Å². The topological polar surface area (TPSA) is 52.7 Å². The molecule has 3 amide bonds. The highest BCUT2D eigenvalue weighted by Gasteiger charge is 2.29. The number of carbonyl (C=O) groups excluding carboxylic acids is 2. The third kappa shape index (κ3) is 4.23. The molecule has 22 heavy (non-hydrogen) atoms. The lowest BCUT2D eigenvalue weighted by molar-refractivity contribution is -0.122. The molecular weight excluding hydrogens is 278 g/mol. The Morgan fingerprint density at radius 3 is 2.50 bits per heavy atom. The van der Waals surface area contributed by atoms with Gasteiger partial charge in [0.25, 0.3) is 0 Å². The number of carbonyl (C=O) groups is 2. The van der Waals surface area contributed by atoms with Crippen LogP contribution in [0.5, 0.6) is 0 Å². The fraction of sp³-hybridized carbons (Fsp3) is 0.529. The van der Waals surface area contributed by atoms with E-state index in [1.165, 1.54) is 5.56 Å². The van der Waals surface area contributed by atoms with Crippen molar-refractivity contribution in [1.82, 2.24) is 15.1 Å². The first-order chi connectivity index (χ1) is 10.5. The zero-order valence-electron chi connectivity index (χ0n) is 13.6. The van der Waals surface area contributed by atoms with Crippen LogP contribution in [0.25, 0.3) is 0 Å². The molecule has 0 aromatic heterocycles. The highest BCUT2D eigenvalue weighted by atomic mass is 16.2. The van der Waals surface area contributed by atoms with E-state index in [1.807, 2.05) is 45.0 Å². The summed E-state index contributed by atoms with van der Waals surface area (Å²) < 4.78 is 0. The van der Waals surface area contributed by atoms with Crippen molar-refractivity contribution >= 4 is 11.9 Å². The van der Waals surface area contributed by atoms with E-state index in [-0.39, 0.29) is 24.5 Å². The Bertz CT molecular complexity index is 527. The third-order valence-electron chi connectivity index (χ3n) is 4.03. The fourth-order valence-corrected chi connectivity index (χ4v) is 2.44. The van der Waals surface area contributed by atoms with Gasteiger partial charge in [-0.2, -0.15) is 0 Å². The summed E-state index contributed by atoms with van der Waals surface area (Å²) in [5.74, 6) is -0.0834. The second kappa shape index (κ2) is 7.29. The van der Waals surface area contributed by atoms with E-state index in [1.54, 1.807) is 9.80 Å². The zero-order valence-corrected chi connectivity index (χ0v) is 13.6. The van der Waals surface area contributed by atoms with Gasteiger partial charge in [-0.05, 0) is 25.8 Å². The van der Waals surface area contributed by atoms with Gasteiger partial charge in [0.1, 0.15) is 6.54 Å². The number of hydrogen-bond donors (Lipinski definition) is 1. The molecule has 0 spiro atoms. The van der Waals surface area contributed by atoms with Crippen LogP contribution in [0.1, 0.15) is 31.4 Å². The quantitative estimate of drug-likeness (QED) is 0.875. The van der Waals surface area contributed by atoms with E-state index in [2.05, 4.69) is 5.32 Å². The average Bonchev–Trinajstić information content (AvgIpc) is 2.82. The minimum Gasteiger partial charge on any atom is -0.352 e.